The molecule has 9 nitrogen and oxygen atoms in total. The number of aromatic nitrogens is 3. The highest BCUT2D eigenvalue weighted by Gasteiger charge is 2.33. The van der Waals surface area contributed by atoms with E-state index in [4.69, 9.17) is 10.00 Å². The van der Waals surface area contributed by atoms with Crippen molar-refractivity contribution < 1.29 is 14.3 Å². The molecular weight excluding hydrogens is 432 g/mol. The minimum atomic E-state index is -0.213. The van der Waals surface area contributed by atoms with E-state index < -0.39 is 0 Å². The summed E-state index contributed by atoms with van der Waals surface area (Å²) in [6.07, 6.45) is 4.93. The maximum absolute atomic E-state index is 13.6. The van der Waals surface area contributed by atoms with Crippen LogP contribution in [0.5, 0.6) is 0 Å². The molecule has 4 aromatic rings. The van der Waals surface area contributed by atoms with Crippen LogP contribution in [0.1, 0.15) is 26.3 Å². The molecular formula is C25H20N6O3. The van der Waals surface area contributed by atoms with Crippen LogP contribution in [0.25, 0.3) is 16.6 Å². The van der Waals surface area contributed by atoms with Crippen LogP contribution in [0.15, 0.2) is 67.1 Å². The fourth-order valence-electron chi connectivity index (χ4n) is 3.84. The van der Waals surface area contributed by atoms with Gasteiger partial charge in [0.05, 0.1) is 36.5 Å². The van der Waals surface area contributed by atoms with Gasteiger partial charge in [-0.3, -0.25) is 14.5 Å². The Labute approximate surface area is 195 Å². The zero-order valence-corrected chi connectivity index (χ0v) is 18.3. The van der Waals surface area contributed by atoms with Crippen molar-refractivity contribution in [3.8, 4) is 17.2 Å². The first kappa shape index (κ1) is 21.3. The van der Waals surface area contributed by atoms with Crippen molar-refractivity contribution >= 4 is 23.1 Å². The molecule has 0 radical (unpaired) electrons. The van der Waals surface area contributed by atoms with Crippen LogP contribution >= 0.6 is 0 Å². The van der Waals surface area contributed by atoms with E-state index >= 15 is 0 Å². The first-order chi connectivity index (χ1) is 16.6. The standard InChI is InChI=1S/C25H20N6O3/c1-27-24(32)18-5-3-17(4-6-18)21-13-29-30-9-8-19(10-22(21)30)25(33)31(20-14-34-15-20)23-7-2-16(11-26)12-28-23/h2-10,12-13,20H,14-15H2,1H3,(H,27,32). The van der Waals surface area contributed by atoms with Crippen molar-refractivity contribution in [1.82, 2.24) is 19.9 Å². The molecule has 9 heteroatoms. The molecule has 1 aliphatic rings. The second kappa shape index (κ2) is 8.77. The van der Waals surface area contributed by atoms with Crippen molar-refractivity contribution in [2.45, 2.75) is 6.04 Å². The van der Waals surface area contributed by atoms with Crippen molar-refractivity contribution in [1.29, 1.82) is 5.26 Å². The molecule has 3 aromatic heterocycles. The van der Waals surface area contributed by atoms with E-state index in [-0.39, 0.29) is 17.9 Å². The van der Waals surface area contributed by atoms with Crippen LogP contribution in [0.2, 0.25) is 0 Å². The molecule has 0 bridgehead atoms. The third kappa shape index (κ3) is 3.76. The second-order valence-corrected chi connectivity index (χ2v) is 7.84. The number of benzene rings is 1. The first-order valence-electron chi connectivity index (χ1n) is 10.7. The molecule has 0 aliphatic carbocycles. The lowest BCUT2D eigenvalue weighted by atomic mass is 10.0. The number of carbonyl (C=O) groups excluding carboxylic acids is 2. The van der Waals surface area contributed by atoms with E-state index in [0.717, 1.165) is 16.6 Å². The quantitative estimate of drug-likeness (QED) is 0.498. The van der Waals surface area contributed by atoms with Crippen LogP contribution in [0.4, 0.5) is 5.82 Å². The maximum Gasteiger partial charge on any atom is 0.259 e. The van der Waals surface area contributed by atoms with E-state index in [1.54, 1.807) is 65.3 Å². The summed E-state index contributed by atoms with van der Waals surface area (Å²) in [5, 5.41) is 16.1. The van der Waals surface area contributed by atoms with Gasteiger partial charge in [-0.05, 0) is 42.0 Å². The molecule has 4 heterocycles. The molecule has 34 heavy (non-hydrogen) atoms. The summed E-state index contributed by atoms with van der Waals surface area (Å²) in [5.74, 6) is 0.0987. The Morgan fingerprint density at radius 1 is 1.12 bits per heavy atom. The lowest BCUT2D eigenvalue weighted by molar-refractivity contribution is 0.00808. The minimum absolute atomic E-state index is 0.134. The lowest BCUT2D eigenvalue weighted by Gasteiger charge is -2.36. The Balaban J connectivity index is 1.51. The van der Waals surface area contributed by atoms with Gasteiger partial charge in [0.15, 0.2) is 0 Å². The summed E-state index contributed by atoms with van der Waals surface area (Å²) in [4.78, 5) is 31.4. The first-order valence-corrected chi connectivity index (χ1v) is 10.7. The summed E-state index contributed by atoms with van der Waals surface area (Å²) in [5.41, 5.74) is 3.95. The molecule has 0 spiro atoms. The third-order valence-corrected chi connectivity index (χ3v) is 5.78. The van der Waals surface area contributed by atoms with E-state index in [1.165, 1.54) is 6.20 Å². The molecule has 0 atom stereocenters. The number of ether oxygens (including phenoxy) is 1. The van der Waals surface area contributed by atoms with Gasteiger partial charge < -0.3 is 10.1 Å². The number of hydrogen-bond acceptors (Lipinski definition) is 6. The number of carbonyl (C=O) groups is 2. The number of nitrogens with zero attached hydrogens (tertiary/aromatic N) is 5. The van der Waals surface area contributed by atoms with Gasteiger partial charge in [0.25, 0.3) is 11.8 Å². The van der Waals surface area contributed by atoms with Crippen LogP contribution < -0.4 is 10.2 Å². The predicted octanol–water partition coefficient (Wildman–Crippen LogP) is 2.67. The van der Waals surface area contributed by atoms with Crippen molar-refractivity contribution in [3.63, 3.8) is 0 Å². The Hall–Kier alpha value is -4.55. The number of anilines is 1. The van der Waals surface area contributed by atoms with Gasteiger partial charge in [-0.1, -0.05) is 12.1 Å². The summed E-state index contributed by atoms with van der Waals surface area (Å²) in [6.45, 7) is 0.844. The van der Waals surface area contributed by atoms with Gasteiger partial charge in [-0.15, -0.1) is 0 Å². The Bertz CT molecular complexity index is 1420. The molecule has 168 valence electrons. The largest absolute Gasteiger partial charge is 0.377 e. The highest BCUT2D eigenvalue weighted by atomic mass is 16.5. The van der Waals surface area contributed by atoms with Crippen LogP contribution in [0, 0.1) is 11.3 Å². The summed E-state index contributed by atoms with van der Waals surface area (Å²) in [6, 6.07) is 16.0. The van der Waals surface area contributed by atoms with Gasteiger partial charge >= 0.3 is 0 Å². The number of nitrogens with one attached hydrogen (secondary N) is 1. The lowest BCUT2D eigenvalue weighted by Crippen LogP contribution is -2.52. The molecule has 1 N–H and O–H groups in total. The van der Waals surface area contributed by atoms with E-state index in [1.807, 2.05) is 18.2 Å². The summed E-state index contributed by atoms with van der Waals surface area (Å²) < 4.78 is 7.02. The second-order valence-electron chi connectivity index (χ2n) is 7.84. The normalized spacial score (nSPS) is 13.2. The van der Waals surface area contributed by atoms with Gasteiger partial charge in [-0.25, -0.2) is 9.50 Å². The Kier molecular flexibility index (Phi) is 5.49. The van der Waals surface area contributed by atoms with Gasteiger partial charge in [0.1, 0.15) is 11.9 Å². The number of pyridine rings is 2. The van der Waals surface area contributed by atoms with Crippen molar-refractivity contribution in [2.75, 3.05) is 25.2 Å². The highest BCUT2D eigenvalue weighted by molar-refractivity contribution is 6.07. The molecule has 1 aliphatic heterocycles. The van der Waals surface area contributed by atoms with Crippen LogP contribution in [0.3, 0.4) is 0 Å². The highest BCUT2D eigenvalue weighted by Crippen LogP contribution is 2.27. The van der Waals surface area contributed by atoms with E-state index in [0.29, 0.717) is 35.7 Å². The van der Waals surface area contributed by atoms with Crippen LogP contribution in [-0.2, 0) is 4.74 Å². The predicted molar refractivity (Wildman–Crippen MR) is 124 cm³/mol. The molecule has 5 rings (SSSR count). The fourth-order valence-corrected chi connectivity index (χ4v) is 3.84. The van der Waals surface area contributed by atoms with Crippen molar-refractivity contribution in [3.05, 3.63) is 83.8 Å². The van der Waals surface area contributed by atoms with Gasteiger partial charge in [0, 0.05) is 36.1 Å². The molecule has 1 saturated heterocycles. The number of amides is 2. The average molecular weight is 452 g/mol. The summed E-state index contributed by atoms with van der Waals surface area (Å²) >= 11 is 0. The Morgan fingerprint density at radius 3 is 2.53 bits per heavy atom. The number of rotatable bonds is 5. The monoisotopic (exact) mass is 452 g/mol. The topological polar surface area (TPSA) is 113 Å². The molecule has 0 saturated carbocycles. The number of fused-ring (bicyclic) bond motifs is 1. The van der Waals surface area contributed by atoms with Crippen molar-refractivity contribution in [2.24, 2.45) is 0 Å². The molecule has 2 amide bonds. The smallest absolute Gasteiger partial charge is 0.259 e. The van der Waals surface area contributed by atoms with E-state index in [9.17, 15) is 9.59 Å². The van der Waals surface area contributed by atoms with Crippen LogP contribution in [-0.4, -0.2) is 52.7 Å². The average Bonchev–Trinajstić information content (AvgIpc) is 3.28. The summed E-state index contributed by atoms with van der Waals surface area (Å²) in [7, 11) is 1.59. The number of hydrogen-bond donors (Lipinski definition) is 1. The van der Waals surface area contributed by atoms with Gasteiger partial charge in [0.2, 0.25) is 0 Å². The molecule has 1 aromatic carbocycles. The molecule has 0 unspecified atom stereocenters. The minimum Gasteiger partial charge on any atom is -0.377 e. The number of nitriles is 1. The third-order valence-electron chi connectivity index (χ3n) is 5.78. The molecule has 1 fully saturated rings. The zero-order valence-electron chi connectivity index (χ0n) is 18.3. The maximum atomic E-state index is 13.6. The van der Waals surface area contributed by atoms with Gasteiger partial charge in [-0.2, -0.15) is 10.4 Å². The fraction of sp³-hybridized carbons (Fsp3) is 0.160. The van der Waals surface area contributed by atoms with E-state index in [2.05, 4.69) is 15.4 Å². The zero-order chi connectivity index (χ0) is 23.7. The Morgan fingerprint density at radius 2 is 1.91 bits per heavy atom. The SMILES string of the molecule is CNC(=O)c1ccc(-c2cnn3ccc(C(=O)N(c4ccc(C#N)cn4)C4COC4)cc23)cc1.